The maximum Gasteiger partial charge on any atom is 0.167 e. The zero-order chi connectivity index (χ0) is 16.8. The lowest BCUT2D eigenvalue weighted by molar-refractivity contribution is -0.0423. The first-order chi connectivity index (χ1) is 10.8. The Bertz CT molecular complexity index is 734. The molecular weight excluding hydrogens is 318 g/mol. The number of imidazole rings is 1. The van der Waals surface area contributed by atoms with E-state index in [9.17, 15) is 10.2 Å². The Hall–Kier alpha value is -1.68. The van der Waals surface area contributed by atoms with Crippen LogP contribution in [0.4, 0.5) is 5.82 Å². The van der Waals surface area contributed by atoms with E-state index >= 15 is 0 Å². The molecule has 0 unspecified atom stereocenters. The molecule has 123 valence electrons. The quantitative estimate of drug-likeness (QED) is 0.683. The molecule has 4 N–H and O–H groups in total. The van der Waals surface area contributed by atoms with Crippen LogP contribution in [-0.4, -0.2) is 53.4 Å². The van der Waals surface area contributed by atoms with Crippen LogP contribution in [0.1, 0.15) is 26.5 Å². The number of aromatic nitrogens is 4. The van der Waals surface area contributed by atoms with Crippen molar-refractivity contribution >= 4 is 34.6 Å². The van der Waals surface area contributed by atoms with E-state index in [0.717, 1.165) is 0 Å². The molecule has 1 saturated heterocycles. The van der Waals surface area contributed by atoms with Crippen LogP contribution < -0.4 is 5.73 Å². The van der Waals surface area contributed by atoms with Gasteiger partial charge >= 0.3 is 0 Å². The van der Waals surface area contributed by atoms with E-state index in [4.69, 9.17) is 22.7 Å². The summed E-state index contributed by atoms with van der Waals surface area (Å²) in [6.07, 6.45) is -0.319. The molecule has 1 radical (unpaired) electrons. The number of ether oxygens (including phenoxy) is 1. The van der Waals surface area contributed by atoms with Crippen molar-refractivity contribution in [2.24, 2.45) is 5.41 Å². The molecule has 0 aliphatic carbocycles. The Morgan fingerprint density at radius 2 is 2.09 bits per heavy atom. The average molecular weight is 336 g/mol. The van der Waals surface area contributed by atoms with Crippen LogP contribution >= 0.6 is 12.2 Å². The van der Waals surface area contributed by atoms with Crippen molar-refractivity contribution < 1.29 is 14.9 Å². The van der Waals surface area contributed by atoms with Gasteiger partial charge in [0.15, 0.2) is 17.7 Å². The third kappa shape index (κ3) is 2.80. The third-order valence-electron chi connectivity index (χ3n) is 3.99. The summed E-state index contributed by atoms with van der Waals surface area (Å²) >= 11 is 4.88. The lowest BCUT2D eigenvalue weighted by Crippen LogP contribution is -2.34. The number of fused-ring (bicyclic) bond motifs is 1. The fourth-order valence-corrected chi connectivity index (χ4v) is 2.81. The van der Waals surface area contributed by atoms with Gasteiger partial charge in [-0.25, -0.2) is 15.0 Å². The normalized spacial score (nSPS) is 28.3. The monoisotopic (exact) mass is 336 g/mol. The third-order valence-corrected chi connectivity index (χ3v) is 4.54. The Balaban J connectivity index is 1.91. The highest BCUT2D eigenvalue weighted by Gasteiger charge is 2.45. The first-order valence-electron chi connectivity index (χ1n) is 7.18. The van der Waals surface area contributed by atoms with Crippen molar-refractivity contribution in [3.8, 4) is 0 Å². The highest BCUT2D eigenvalue weighted by Crippen LogP contribution is 2.36. The van der Waals surface area contributed by atoms with Crippen LogP contribution in [0, 0.1) is 5.41 Å². The molecule has 9 heteroatoms. The van der Waals surface area contributed by atoms with Crippen molar-refractivity contribution in [3.63, 3.8) is 0 Å². The van der Waals surface area contributed by atoms with Crippen LogP contribution in [0.2, 0.25) is 0 Å². The second-order valence-corrected chi connectivity index (χ2v) is 6.52. The number of hydrogen-bond acceptors (Lipinski definition) is 8. The molecule has 2 aromatic rings. The molecule has 3 heterocycles. The van der Waals surface area contributed by atoms with E-state index in [1.807, 2.05) is 13.8 Å². The molecule has 0 amide bonds. The van der Waals surface area contributed by atoms with E-state index in [2.05, 4.69) is 20.3 Å². The molecule has 23 heavy (non-hydrogen) atoms. The summed E-state index contributed by atoms with van der Waals surface area (Å²) in [5, 5.41) is 23.4. The number of nitrogen functional groups attached to an aromatic ring is 1. The summed E-state index contributed by atoms with van der Waals surface area (Å²) in [6, 6.07) is 0. The summed E-state index contributed by atoms with van der Waals surface area (Å²) in [7, 11) is 0. The first-order valence-corrected chi connectivity index (χ1v) is 7.59. The van der Waals surface area contributed by atoms with Gasteiger partial charge in [0.25, 0.3) is 0 Å². The molecular formula is C14H18N5O3S. The molecule has 8 nitrogen and oxygen atoms in total. The van der Waals surface area contributed by atoms with E-state index in [0.29, 0.717) is 17.6 Å². The number of aliphatic hydroxyl groups excluding tert-OH is 2. The number of nitrogens with two attached hydrogens (primary N) is 1. The molecule has 1 aliphatic rings. The van der Waals surface area contributed by atoms with Crippen molar-refractivity contribution in [2.45, 2.75) is 44.8 Å². The van der Waals surface area contributed by atoms with Gasteiger partial charge in [0.05, 0.1) is 12.4 Å². The zero-order valence-corrected chi connectivity index (χ0v) is 13.6. The maximum atomic E-state index is 10.4. The van der Waals surface area contributed by atoms with Crippen molar-refractivity contribution in [1.29, 1.82) is 0 Å². The summed E-state index contributed by atoms with van der Waals surface area (Å²) in [6.45, 7) is 3.80. The van der Waals surface area contributed by atoms with Gasteiger partial charge in [-0.2, -0.15) is 0 Å². The second-order valence-electron chi connectivity index (χ2n) is 6.32. The number of thiocarbonyl (C=S) groups is 1. The maximum absolute atomic E-state index is 10.4. The predicted octanol–water partition coefficient (Wildman–Crippen LogP) is 0.321. The van der Waals surface area contributed by atoms with Gasteiger partial charge in [-0.05, 0) is 6.42 Å². The molecule has 0 spiro atoms. The molecule has 1 fully saturated rings. The van der Waals surface area contributed by atoms with Crippen molar-refractivity contribution in [2.75, 3.05) is 5.73 Å². The molecule has 2 aromatic heterocycles. The Labute approximate surface area is 138 Å². The van der Waals surface area contributed by atoms with Crippen LogP contribution in [0.3, 0.4) is 0 Å². The number of hydrogen-bond donors (Lipinski definition) is 3. The minimum atomic E-state index is -1.12. The van der Waals surface area contributed by atoms with Crippen LogP contribution in [0.25, 0.3) is 11.2 Å². The van der Waals surface area contributed by atoms with E-state index in [1.165, 1.54) is 12.7 Å². The highest BCUT2D eigenvalue weighted by molar-refractivity contribution is 7.79. The lowest BCUT2D eigenvalue weighted by atomic mass is 9.87. The fraction of sp³-hybridized carbons (Fsp3) is 0.571. The topological polar surface area (TPSA) is 119 Å². The molecule has 0 aromatic carbocycles. The smallest absolute Gasteiger partial charge is 0.167 e. The number of nitrogens with zero attached hydrogens (tertiary/aromatic N) is 4. The first kappa shape index (κ1) is 16.2. The number of aliphatic hydroxyl groups is 2. The van der Waals surface area contributed by atoms with Crippen molar-refractivity contribution in [1.82, 2.24) is 19.5 Å². The Morgan fingerprint density at radius 3 is 2.78 bits per heavy atom. The summed E-state index contributed by atoms with van der Waals surface area (Å²) in [5.74, 6) is 0.245. The Morgan fingerprint density at radius 1 is 1.35 bits per heavy atom. The number of anilines is 1. The highest BCUT2D eigenvalue weighted by atomic mass is 32.1. The molecule has 0 bridgehead atoms. The Kier molecular flexibility index (Phi) is 4.05. The van der Waals surface area contributed by atoms with Crippen molar-refractivity contribution in [3.05, 3.63) is 12.7 Å². The molecule has 1 aliphatic heterocycles. The SMILES string of the molecule is CC(C)([C]=S)C[C@H]1O[C@@H](n2cnc3c(N)ncnc32)[C@H](O)[C@@H]1O. The lowest BCUT2D eigenvalue weighted by Gasteiger charge is -2.24. The van der Waals surface area contributed by atoms with E-state index in [1.54, 1.807) is 4.57 Å². The average Bonchev–Trinajstić information content (AvgIpc) is 3.05. The van der Waals surface area contributed by atoms with Gasteiger partial charge in [0.2, 0.25) is 0 Å². The predicted molar refractivity (Wildman–Crippen MR) is 86.7 cm³/mol. The van der Waals surface area contributed by atoms with Gasteiger partial charge in [0, 0.05) is 10.8 Å². The molecule has 0 saturated carbocycles. The van der Waals surface area contributed by atoms with Crippen LogP contribution in [-0.2, 0) is 4.74 Å². The second kappa shape index (κ2) is 5.75. The van der Waals surface area contributed by atoms with Crippen LogP contribution in [0.15, 0.2) is 12.7 Å². The van der Waals surface area contributed by atoms with Gasteiger partial charge in [-0.3, -0.25) is 4.57 Å². The summed E-state index contributed by atoms with van der Waals surface area (Å²) in [4.78, 5) is 12.2. The van der Waals surface area contributed by atoms with Gasteiger partial charge in [0.1, 0.15) is 24.1 Å². The summed E-state index contributed by atoms with van der Waals surface area (Å²) in [5.41, 5.74) is 6.21. The largest absolute Gasteiger partial charge is 0.388 e. The zero-order valence-electron chi connectivity index (χ0n) is 12.7. The van der Waals surface area contributed by atoms with Gasteiger partial charge < -0.3 is 20.7 Å². The minimum Gasteiger partial charge on any atom is -0.388 e. The van der Waals surface area contributed by atoms with Crippen LogP contribution in [0.5, 0.6) is 0 Å². The molecule has 3 rings (SSSR count). The minimum absolute atomic E-state index is 0.245. The van der Waals surface area contributed by atoms with E-state index in [-0.39, 0.29) is 5.82 Å². The van der Waals surface area contributed by atoms with Gasteiger partial charge in [-0.1, -0.05) is 26.1 Å². The number of rotatable bonds is 4. The fourth-order valence-electron chi connectivity index (χ4n) is 2.73. The van der Waals surface area contributed by atoms with E-state index < -0.39 is 30.0 Å². The molecule has 4 atom stereocenters. The van der Waals surface area contributed by atoms with Gasteiger partial charge in [-0.15, -0.1) is 0 Å². The summed E-state index contributed by atoms with van der Waals surface area (Å²) < 4.78 is 7.40. The standard InChI is InChI=1S/C14H18N5O3S/c1-14(2,4-23)3-7-9(20)10(21)13(22-7)19-6-18-8-11(15)16-5-17-12(8)19/h5-7,9-10,13,20-21H,3H2,1-2H3,(H2,15,16,17)/t7-,9-,10-,13-/m1/s1.